The molecule has 5 nitrogen and oxygen atoms in total. The Morgan fingerprint density at radius 3 is 2.84 bits per heavy atom. The van der Waals surface area contributed by atoms with Crippen molar-refractivity contribution in [1.82, 2.24) is 0 Å². The smallest absolute Gasteiger partial charge is 0.250 e. The largest absolute Gasteiger partial charge is 0.548 e. The molecule has 2 aliphatic rings. The zero-order valence-electron chi connectivity index (χ0n) is 10.1. The lowest BCUT2D eigenvalue weighted by Gasteiger charge is -2.38. The molecule has 0 spiro atoms. The summed E-state index contributed by atoms with van der Waals surface area (Å²) in [6.45, 7) is 0. The number of anilines is 1. The standard InChI is InChI=1S/C14H14N2O3/c15-13(17)10-6-2-4-8-7-3-1-5-9(7)12(14(18)19)16-11(8)10/h1-4,6-7,9,12,16H,5H2,(H2,15,17)(H,18,19)/p-1/t7-,9+,12+/m1/s1. The third kappa shape index (κ3) is 1.69. The van der Waals surface area contributed by atoms with E-state index in [1.54, 1.807) is 12.1 Å². The van der Waals surface area contributed by atoms with Crippen LogP contribution in [0.4, 0.5) is 5.69 Å². The molecule has 1 aromatic carbocycles. The molecule has 0 aromatic heterocycles. The van der Waals surface area contributed by atoms with E-state index < -0.39 is 17.9 Å². The topological polar surface area (TPSA) is 95.2 Å². The molecule has 1 aliphatic heterocycles. The van der Waals surface area contributed by atoms with Crippen molar-refractivity contribution in [3.05, 3.63) is 41.5 Å². The Hall–Kier alpha value is -2.30. The van der Waals surface area contributed by atoms with Crippen molar-refractivity contribution in [1.29, 1.82) is 0 Å². The normalized spacial score (nSPS) is 27.3. The summed E-state index contributed by atoms with van der Waals surface area (Å²) in [6.07, 6.45) is 4.65. The van der Waals surface area contributed by atoms with Gasteiger partial charge in [-0.2, -0.15) is 0 Å². The monoisotopic (exact) mass is 257 g/mol. The molecule has 0 fully saturated rings. The molecule has 98 valence electrons. The first-order chi connectivity index (χ1) is 9.09. The van der Waals surface area contributed by atoms with E-state index in [1.807, 2.05) is 18.2 Å². The van der Waals surface area contributed by atoms with Crippen molar-refractivity contribution in [3.63, 3.8) is 0 Å². The molecule has 1 heterocycles. The summed E-state index contributed by atoms with van der Waals surface area (Å²) in [5.41, 5.74) is 7.11. The predicted molar refractivity (Wildman–Crippen MR) is 67.4 cm³/mol. The molecule has 3 atom stereocenters. The van der Waals surface area contributed by atoms with Gasteiger partial charge in [0.25, 0.3) is 5.91 Å². The number of primary amides is 1. The number of carbonyl (C=O) groups excluding carboxylic acids is 2. The first kappa shape index (κ1) is 11.8. The van der Waals surface area contributed by atoms with Crippen LogP contribution in [0.3, 0.4) is 0 Å². The van der Waals surface area contributed by atoms with Crippen LogP contribution in [0, 0.1) is 5.92 Å². The summed E-state index contributed by atoms with van der Waals surface area (Å²) < 4.78 is 0. The third-order valence-electron chi connectivity index (χ3n) is 3.92. The minimum atomic E-state index is -1.15. The van der Waals surface area contributed by atoms with Crippen LogP contribution in [0.15, 0.2) is 30.4 Å². The van der Waals surface area contributed by atoms with Crippen molar-refractivity contribution >= 4 is 17.6 Å². The molecule has 1 aromatic rings. The van der Waals surface area contributed by atoms with E-state index in [-0.39, 0.29) is 11.8 Å². The molecule has 1 aliphatic carbocycles. The number of rotatable bonds is 2. The highest BCUT2D eigenvalue weighted by atomic mass is 16.4. The summed E-state index contributed by atoms with van der Waals surface area (Å²) in [6, 6.07) is 4.46. The molecule has 5 heteroatoms. The fourth-order valence-corrected chi connectivity index (χ4v) is 3.06. The van der Waals surface area contributed by atoms with Crippen LogP contribution >= 0.6 is 0 Å². The number of amides is 1. The second-order valence-corrected chi connectivity index (χ2v) is 4.93. The van der Waals surface area contributed by atoms with Crippen LogP contribution in [0.2, 0.25) is 0 Å². The molecule has 3 N–H and O–H groups in total. The molecule has 0 unspecified atom stereocenters. The van der Waals surface area contributed by atoms with E-state index in [2.05, 4.69) is 5.32 Å². The first-order valence-electron chi connectivity index (χ1n) is 6.16. The van der Waals surface area contributed by atoms with Gasteiger partial charge in [0.15, 0.2) is 0 Å². The number of carboxylic acid groups (broad SMARTS) is 1. The number of benzene rings is 1. The predicted octanol–water partition coefficient (Wildman–Crippen LogP) is -0.0108. The molecular formula is C14H13N2O3-. The molecule has 0 radical (unpaired) electrons. The van der Waals surface area contributed by atoms with Crippen molar-refractivity contribution in [2.45, 2.75) is 18.4 Å². The summed E-state index contributed by atoms with van der Waals surface area (Å²) in [5.74, 6) is -1.79. The van der Waals surface area contributed by atoms with E-state index in [0.29, 0.717) is 17.7 Å². The van der Waals surface area contributed by atoms with E-state index in [0.717, 1.165) is 5.56 Å². The Bertz CT molecular complexity index is 594. The van der Waals surface area contributed by atoms with Crippen molar-refractivity contribution in [2.24, 2.45) is 11.7 Å². The van der Waals surface area contributed by atoms with Gasteiger partial charge in [0, 0.05) is 5.92 Å². The fourth-order valence-electron chi connectivity index (χ4n) is 3.06. The molecule has 0 bridgehead atoms. The maximum absolute atomic E-state index is 11.4. The Morgan fingerprint density at radius 1 is 1.37 bits per heavy atom. The SMILES string of the molecule is NC(=O)c1cccc2c1N[C@H](C(=O)[O-])[C@H]1CC=C[C@H]21. The number of carboxylic acids is 1. The maximum Gasteiger partial charge on any atom is 0.250 e. The summed E-state index contributed by atoms with van der Waals surface area (Å²) in [7, 11) is 0. The van der Waals surface area contributed by atoms with E-state index in [9.17, 15) is 14.7 Å². The maximum atomic E-state index is 11.4. The van der Waals surface area contributed by atoms with E-state index in [1.165, 1.54) is 0 Å². The van der Waals surface area contributed by atoms with Gasteiger partial charge in [-0.1, -0.05) is 24.3 Å². The van der Waals surface area contributed by atoms with Gasteiger partial charge in [-0.15, -0.1) is 0 Å². The Balaban J connectivity index is 2.15. The van der Waals surface area contributed by atoms with Crippen molar-refractivity contribution in [2.75, 3.05) is 5.32 Å². The highest BCUT2D eigenvalue weighted by molar-refractivity contribution is 6.00. The number of para-hydroxylation sites is 1. The average molecular weight is 257 g/mol. The van der Waals surface area contributed by atoms with E-state index in [4.69, 9.17) is 5.73 Å². The lowest BCUT2D eigenvalue weighted by atomic mass is 9.78. The highest BCUT2D eigenvalue weighted by Gasteiger charge is 2.38. The van der Waals surface area contributed by atoms with Crippen LogP contribution in [0.25, 0.3) is 0 Å². The number of aliphatic carboxylic acids is 1. The second kappa shape index (κ2) is 4.12. The van der Waals surface area contributed by atoms with Gasteiger partial charge >= 0.3 is 0 Å². The second-order valence-electron chi connectivity index (χ2n) is 4.93. The number of allylic oxidation sites excluding steroid dienone is 2. The van der Waals surface area contributed by atoms with Gasteiger partial charge in [-0.05, 0) is 24.0 Å². The Morgan fingerprint density at radius 2 is 2.16 bits per heavy atom. The number of fused-ring (bicyclic) bond motifs is 3. The van der Waals surface area contributed by atoms with Gasteiger partial charge in [-0.25, -0.2) is 0 Å². The molecular weight excluding hydrogens is 244 g/mol. The van der Waals surface area contributed by atoms with Gasteiger partial charge in [-0.3, -0.25) is 4.79 Å². The number of hydrogen-bond acceptors (Lipinski definition) is 4. The molecule has 1 amide bonds. The summed E-state index contributed by atoms with van der Waals surface area (Å²) in [4.78, 5) is 22.7. The molecule has 0 saturated heterocycles. The number of carbonyl (C=O) groups is 2. The first-order valence-corrected chi connectivity index (χ1v) is 6.16. The lowest BCUT2D eigenvalue weighted by Crippen LogP contribution is -2.49. The zero-order valence-corrected chi connectivity index (χ0v) is 10.1. The number of hydrogen-bond donors (Lipinski definition) is 2. The fraction of sp³-hybridized carbons (Fsp3) is 0.286. The van der Waals surface area contributed by atoms with Gasteiger partial charge < -0.3 is 21.0 Å². The average Bonchev–Trinajstić information content (AvgIpc) is 2.85. The molecule has 3 rings (SSSR count). The number of nitrogens with two attached hydrogens (primary N) is 1. The highest BCUT2D eigenvalue weighted by Crippen LogP contribution is 2.45. The van der Waals surface area contributed by atoms with Crippen molar-refractivity contribution in [3.8, 4) is 0 Å². The zero-order chi connectivity index (χ0) is 13.6. The Labute approximate surface area is 110 Å². The lowest BCUT2D eigenvalue weighted by molar-refractivity contribution is -0.308. The number of nitrogens with one attached hydrogen (secondary N) is 1. The third-order valence-corrected chi connectivity index (χ3v) is 3.92. The van der Waals surface area contributed by atoms with Gasteiger partial charge in [0.05, 0.1) is 23.3 Å². The van der Waals surface area contributed by atoms with Crippen LogP contribution in [-0.4, -0.2) is 17.9 Å². The minimum Gasteiger partial charge on any atom is -0.548 e. The van der Waals surface area contributed by atoms with Crippen LogP contribution in [-0.2, 0) is 4.79 Å². The van der Waals surface area contributed by atoms with E-state index >= 15 is 0 Å². The molecule has 0 saturated carbocycles. The van der Waals surface area contributed by atoms with Gasteiger partial charge in [0.2, 0.25) is 0 Å². The van der Waals surface area contributed by atoms with Crippen LogP contribution in [0.1, 0.15) is 28.3 Å². The molecule has 19 heavy (non-hydrogen) atoms. The summed E-state index contributed by atoms with van der Waals surface area (Å²) in [5, 5.41) is 14.2. The van der Waals surface area contributed by atoms with Crippen LogP contribution in [0.5, 0.6) is 0 Å². The van der Waals surface area contributed by atoms with Gasteiger partial charge in [0.1, 0.15) is 0 Å². The van der Waals surface area contributed by atoms with Crippen molar-refractivity contribution < 1.29 is 14.7 Å². The Kier molecular flexibility index (Phi) is 2.55. The van der Waals surface area contributed by atoms with Crippen LogP contribution < -0.4 is 16.2 Å². The minimum absolute atomic E-state index is 0.00144. The summed E-state index contributed by atoms with van der Waals surface area (Å²) >= 11 is 0. The quantitative estimate of drug-likeness (QED) is 0.728.